The maximum Gasteiger partial charge on any atom is 0.329 e. The second kappa shape index (κ2) is 6.57. The second-order valence-electron chi connectivity index (χ2n) is 4.90. The lowest BCUT2D eigenvalue weighted by atomic mass is 10.1. The van der Waals surface area contributed by atoms with Crippen LogP contribution in [-0.4, -0.2) is 19.4 Å². The van der Waals surface area contributed by atoms with Crippen LogP contribution in [0.25, 0.3) is 0 Å². The predicted molar refractivity (Wildman–Crippen MR) is 82.7 cm³/mol. The summed E-state index contributed by atoms with van der Waals surface area (Å²) < 4.78 is 26.2. The topological polar surface area (TPSA) is 88.2 Å². The van der Waals surface area contributed by atoms with E-state index in [1.165, 1.54) is 12.1 Å². The molecule has 116 valence electrons. The van der Waals surface area contributed by atoms with Crippen LogP contribution in [0.5, 0.6) is 0 Å². The van der Waals surface area contributed by atoms with E-state index in [0.29, 0.717) is 0 Å². The molecule has 1 aromatic carbocycles. The van der Waals surface area contributed by atoms with Crippen LogP contribution in [0.15, 0.2) is 53.7 Å². The molecule has 1 unspecified atom stereocenters. The highest BCUT2D eigenvalue weighted by Crippen LogP contribution is 2.11. The van der Waals surface area contributed by atoms with Crippen LogP contribution in [-0.2, 0) is 10.0 Å². The van der Waals surface area contributed by atoms with Gasteiger partial charge < -0.3 is 5.32 Å². The number of nitrogens with one attached hydrogen (secondary N) is 2. The fourth-order valence-electron chi connectivity index (χ4n) is 1.84. The van der Waals surface area contributed by atoms with E-state index in [2.05, 4.69) is 10.3 Å². The highest BCUT2D eigenvalue weighted by Gasteiger charge is 2.18. The molecule has 7 heteroatoms. The summed E-state index contributed by atoms with van der Waals surface area (Å²) in [7, 11) is -3.88. The number of aromatic nitrogens is 1. The van der Waals surface area contributed by atoms with Gasteiger partial charge in [0.05, 0.1) is 10.9 Å². The van der Waals surface area contributed by atoms with Crippen LogP contribution in [0.1, 0.15) is 24.1 Å². The van der Waals surface area contributed by atoms with Crippen LogP contribution < -0.4 is 10.0 Å². The van der Waals surface area contributed by atoms with Crippen molar-refractivity contribution in [3.63, 3.8) is 0 Å². The van der Waals surface area contributed by atoms with Crippen molar-refractivity contribution in [3.05, 3.63) is 59.9 Å². The number of benzene rings is 1. The predicted octanol–water partition coefficient (Wildman–Crippen LogP) is 2.14. The van der Waals surface area contributed by atoms with Crippen LogP contribution in [0.2, 0.25) is 0 Å². The first kappa shape index (κ1) is 16.0. The number of aryl methyl sites for hydroxylation is 1. The van der Waals surface area contributed by atoms with Crippen molar-refractivity contribution < 1.29 is 13.2 Å². The Morgan fingerprint density at radius 1 is 1.18 bits per heavy atom. The largest absolute Gasteiger partial charge is 0.331 e. The molecule has 0 bridgehead atoms. The first-order valence-electron chi connectivity index (χ1n) is 6.68. The smallest absolute Gasteiger partial charge is 0.329 e. The summed E-state index contributed by atoms with van der Waals surface area (Å²) in [5, 5.41) is 2.56. The van der Waals surface area contributed by atoms with Crippen molar-refractivity contribution in [1.29, 1.82) is 0 Å². The number of amides is 2. The zero-order valence-electron chi connectivity index (χ0n) is 12.3. The SMILES string of the molecule is Cc1ccc(S(=O)(=O)NC(=O)NC(C)c2cccnc2)cc1. The monoisotopic (exact) mass is 319 g/mol. The molecule has 0 aliphatic heterocycles. The van der Waals surface area contributed by atoms with E-state index in [0.717, 1.165) is 11.1 Å². The molecular weight excluding hydrogens is 302 g/mol. The molecule has 22 heavy (non-hydrogen) atoms. The molecule has 0 saturated heterocycles. The van der Waals surface area contributed by atoms with Crippen LogP contribution in [0.3, 0.4) is 0 Å². The van der Waals surface area contributed by atoms with E-state index < -0.39 is 16.1 Å². The molecular formula is C15H17N3O3S. The molecule has 2 N–H and O–H groups in total. The summed E-state index contributed by atoms with van der Waals surface area (Å²) >= 11 is 0. The minimum Gasteiger partial charge on any atom is -0.331 e. The third kappa shape index (κ3) is 4.05. The van der Waals surface area contributed by atoms with Gasteiger partial charge in [-0.2, -0.15) is 0 Å². The van der Waals surface area contributed by atoms with E-state index in [-0.39, 0.29) is 10.9 Å². The van der Waals surface area contributed by atoms with Crippen LogP contribution in [0, 0.1) is 6.92 Å². The molecule has 0 aliphatic rings. The van der Waals surface area contributed by atoms with Gasteiger partial charge in [-0.15, -0.1) is 0 Å². The number of carbonyl (C=O) groups is 1. The molecule has 2 aromatic rings. The average Bonchev–Trinajstić information content (AvgIpc) is 2.48. The number of urea groups is 1. The minimum absolute atomic E-state index is 0.0438. The molecule has 0 spiro atoms. The van der Waals surface area contributed by atoms with E-state index in [1.54, 1.807) is 43.6 Å². The Morgan fingerprint density at radius 2 is 1.86 bits per heavy atom. The van der Waals surface area contributed by atoms with Gasteiger partial charge in [-0.05, 0) is 37.6 Å². The number of pyridine rings is 1. The van der Waals surface area contributed by atoms with Crippen molar-refractivity contribution in [1.82, 2.24) is 15.0 Å². The first-order valence-corrected chi connectivity index (χ1v) is 8.17. The van der Waals surface area contributed by atoms with Gasteiger partial charge in [-0.1, -0.05) is 23.8 Å². The van der Waals surface area contributed by atoms with Crippen molar-refractivity contribution in [2.24, 2.45) is 0 Å². The molecule has 6 nitrogen and oxygen atoms in total. The lowest BCUT2D eigenvalue weighted by Crippen LogP contribution is -2.40. The molecule has 0 radical (unpaired) electrons. The van der Waals surface area contributed by atoms with Crippen molar-refractivity contribution in [2.45, 2.75) is 24.8 Å². The Morgan fingerprint density at radius 3 is 2.45 bits per heavy atom. The van der Waals surface area contributed by atoms with Gasteiger partial charge in [0.1, 0.15) is 0 Å². The Labute approximate surface area is 129 Å². The summed E-state index contributed by atoms with van der Waals surface area (Å²) in [5.41, 5.74) is 1.72. The van der Waals surface area contributed by atoms with Crippen molar-refractivity contribution in [2.75, 3.05) is 0 Å². The lowest BCUT2D eigenvalue weighted by molar-refractivity contribution is 0.243. The molecule has 0 saturated carbocycles. The number of carbonyl (C=O) groups excluding carboxylic acids is 1. The zero-order valence-corrected chi connectivity index (χ0v) is 13.1. The van der Waals surface area contributed by atoms with E-state index in [4.69, 9.17) is 0 Å². The Balaban J connectivity index is 2.03. The Hall–Kier alpha value is -2.41. The number of rotatable bonds is 4. The summed E-state index contributed by atoms with van der Waals surface area (Å²) in [6, 6.07) is 8.65. The molecule has 0 fully saturated rings. The summed E-state index contributed by atoms with van der Waals surface area (Å²) in [6.45, 7) is 3.60. The molecule has 2 rings (SSSR count). The third-order valence-electron chi connectivity index (χ3n) is 3.09. The average molecular weight is 319 g/mol. The first-order chi connectivity index (χ1) is 10.4. The lowest BCUT2D eigenvalue weighted by Gasteiger charge is -2.14. The van der Waals surface area contributed by atoms with Gasteiger partial charge in [0, 0.05) is 12.4 Å². The maximum absolute atomic E-state index is 12.1. The van der Waals surface area contributed by atoms with Crippen LogP contribution >= 0.6 is 0 Å². The molecule has 1 aromatic heterocycles. The molecule has 0 aliphatic carbocycles. The van der Waals surface area contributed by atoms with E-state index in [9.17, 15) is 13.2 Å². The second-order valence-corrected chi connectivity index (χ2v) is 6.58. The van der Waals surface area contributed by atoms with E-state index >= 15 is 0 Å². The number of nitrogens with zero attached hydrogens (tertiary/aromatic N) is 1. The Kier molecular flexibility index (Phi) is 4.77. The van der Waals surface area contributed by atoms with Gasteiger partial charge in [0.25, 0.3) is 10.0 Å². The van der Waals surface area contributed by atoms with Gasteiger partial charge >= 0.3 is 6.03 Å². The summed E-state index contributed by atoms with van der Waals surface area (Å²) in [6.07, 6.45) is 3.23. The van der Waals surface area contributed by atoms with Gasteiger partial charge in [-0.3, -0.25) is 4.98 Å². The Bertz CT molecular complexity index is 743. The summed E-state index contributed by atoms with van der Waals surface area (Å²) in [4.78, 5) is 15.9. The highest BCUT2D eigenvalue weighted by molar-refractivity contribution is 7.90. The fraction of sp³-hybridized carbons (Fsp3) is 0.200. The molecule has 2 amide bonds. The number of hydrogen-bond acceptors (Lipinski definition) is 4. The highest BCUT2D eigenvalue weighted by atomic mass is 32.2. The third-order valence-corrected chi connectivity index (χ3v) is 4.44. The van der Waals surface area contributed by atoms with Gasteiger partial charge in [-0.25, -0.2) is 17.9 Å². The molecule has 1 heterocycles. The van der Waals surface area contributed by atoms with Gasteiger partial charge in [0.2, 0.25) is 0 Å². The minimum atomic E-state index is -3.88. The van der Waals surface area contributed by atoms with Gasteiger partial charge in [0.15, 0.2) is 0 Å². The van der Waals surface area contributed by atoms with Crippen molar-refractivity contribution in [3.8, 4) is 0 Å². The number of sulfonamides is 1. The van der Waals surface area contributed by atoms with Crippen LogP contribution in [0.4, 0.5) is 4.79 Å². The quantitative estimate of drug-likeness (QED) is 0.903. The standard InChI is InChI=1S/C15H17N3O3S/c1-11-5-7-14(8-6-11)22(20,21)18-15(19)17-12(2)13-4-3-9-16-10-13/h3-10,12H,1-2H3,(H2,17,18,19). The summed E-state index contributed by atoms with van der Waals surface area (Å²) in [5.74, 6) is 0. The molecule has 1 atom stereocenters. The fourth-order valence-corrected chi connectivity index (χ4v) is 2.76. The number of hydrogen-bond donors (Lipinski definition) is 2. The van der Waals surface area contributed by atoms with Crippen molar-refractivity contribution >= 4 is 16.1 Å². The zero-order chi connectivity index (χ0) is 16.2. The normalized spacial score (nSPS) is 12.5. The van der Waals surface area contributed by atoms with E-state index in [1.807, 2.05) is 11.6 Å². The maximum atomic E-state index is 12.1.